The Kier molecular flexibility index (Phi) is 6.07. The first kappa shape index (κ1) is 14.9. The topological polar surface area (TPSA) is 81.9 Å². The first-order chi connectivity index (χ1) is 8.60. The number of likely N-dealkylation sites (tertiary alicyclic amines) is 1. The lowest BCUT2D eigenvalue weighted by atomic mass is 9.98. The van der Waals surface area contributed by atoms with Gasteiger partial charge in [-0.25, -0.2) is 0 Å². The van der Waals surface area contributed by atoms with E-state index in [1.54, 1.807) is 4.90 Å². The molecule has 1 heterocycles. The van der Waals surface area contributed by atoms with Gasteiger partial charge in [-0.1, -0.05) is 0 Å². The number of ether oxygens (including phenoxy) is 2. The first-order valence-corrected chi connectivity index (χ1v) is 6.22. The van der Waals surface area contributed by atoms with Gasteiger partial charge in [0.05, 0.1) is 20.1 Å². The minimum Gasteiger partial charge on any atom is -0.469 e. The van der Waals surface area contributed by atoms with E-state index in [1.807, 2.05) is 0 Å². The fourth-order valence-corrected chi connectivity index (χ4v) is 2.24. The molecule has 0 aromatic carbocycles. The molecule has 1 aliphatic rings. The van der Waals surface area contributed by atoms with E-state index in [0.29, 0.717) is 6.54 Å². The number of amides is 1. The summed E-state index contributed by atoms with van der Waals surface area (Å²) in [6.45, 7) is 0.845. The Labute approximate surface area is 107 Å². The van der Waals surface area contributed by atoms with Crippen molar-refractivity contribution >= 4 is 11.9 Å². The summed E-state index contributed by atoms with van der Waals surface area (Å²) in [6.07, 6.45) is 3.02. The summed E-state index contributed by atoms with van der Waals surface area (Å²) in [5, 5.41) is 0. The maximum atomic E-state index is 12.1. The number of hydrogen-bond donors (Lipinski definition) is 1. The van der Waals surface area contributed by atoms with Gasteiger partial charge in [-0.3, -0.25) is 9.59 Å². The number of esters is 1. The summed E-state index contributed by atoms with van der Waals surface area (Å²) in [4.78, 5) is 25.2. The molecule has 1 rings (SSSR count). The van der Waals surface area contributed by atoms with Crippen LogP contribution in [-0.2, 0) is 19.1 Å². The third-order valence-electron chi connectivity index (χ3n) is 3.20. The highest BCUT2D eigenvalue weighted by molar-refractivity contribution is 5.83. The second-order valence-corrected chi connectivity index (χ2v) is 4.52. The average Bonchev–Trinajstić information content (AvgIpc) is 2.38. The Morgan fingerprint density at radius 1 is 1.39 bits per heavy atom. The Bertz CT molecular complexity index is 296. The van der Waals surface area contributed by atoms with Crippen LogP contribution in [0.25, 0.3) is 0 Å². The predicted molar refractivity (Wildman–Crippen MR) is 65.8 cm³/mol. The molecule has 6 heteroatoms. The Hall–Kier alpha value is -1.14. The largest absolute Gasteiger partial charge is 0.469 e. The van der Waals surface area contributed by atoms with E-state index in [2.05, 4.69) is 4.74 Å². The van der Waals surface area contributed by atoms with Gasteiger partial charge >= 0.3 is 5.97 Å². The predicted octanol–water partition coefficient (Wildman–Crippen LogP) is -0.0957. The summed E-state index contributed by atoms with van der Waals surface area (Å²) >= 11 is 0. The van der Waals surface area contributed by atoms with Gasteiger partial charge in [0.25, 0.3) is 0 Å². The number of methoxy groups -OCH3 is 2. The minimum atomic E-state index is -0.659. The number of nitrogens with two attached hydrogens (primary N) is 1. The van der Waals surface area contributed by atoms with Gasteiger partial charge in [-0.15, -0.1) is 0 Å². The lowest BCUT2D eigenvalue weighted by Gasteiger charge is -2.36. The van der Waals surface area contributed by atoms with Crippen LogP contribution in [0.15, 0.2) is 0 Å². The van der Waals surface area contributed by atoms with Gasteiger partial charge in [0.15, 0.2) is 0 Å². The second-order valence-electron chi connectivity index (χ2n) is 4.52. The molecule has 6 nitrogen and oxygen atoms in total. The number of nitrogens with zero attached hydrogens (tertiary/aromatic N) is 1. The molecule has 2 unspecified atom stereocenters. The number of carbonyl (C=O) groups excluding carboxylic acids is 2. The van der Waals surface area contributed by atoms with Crippen LogP contribution in [0.4, 0.5) is 0 Å². The van der Waals surface area contributed by atoms with Gasteiger partial charge in [0.2, 0.25) is 5.91 Å². The molecule has 1 amide bonds. The molecule has 0 saturated carbocycles. The highest BCUT2D eigenvalue weighted by Crippen LogP contribution is 2.20. The molecule has 2 N–H and O–H groups in total. The van der Waals surface area contributed by atoms with E-state index in [-0.39, 0.29) is 30.9 Å². The highest BCUT2D eigenvalue weighted by atomic mass is 16.5. The number of hydrogen-bond acceptors (Lipinski definition) is 5. The van der Waals surface area contributed by atoms with Crippen molar-refractivity contribution in [1.82, 2.24) is 4.90 Å². The zero-order valence-electron chi connectivity index (χ0n) is 11.1. The average molecular weight is 258 g/mol. The van der Waals surface area contributed by atoms with E-state index in [1.165, 1.54) is 14.2 Å². The number of rotatable bonds is 5. The monoisotopic (exact) mass is 258 g/mol. The van der Waals surface area contributed by atoms with Gasteiger partial charge < -0.3 is 20.1 Å². The highest BCUT2D eigenvalue weighted by Gasteiger charge is 2.31. The Morgan fingerprint density at radius 3 is 2.72 bits per heavy atom. The molecule has 1 saturated heterocycles. The fourth-order valence-electron chi connectivity index (χ4n) is 2.24. The summed E-state index contributed by atoms with van der Waals surface area (Å²) in [5.74, 6) is -0.439. The van der Waals surface area contributed by atoms with E-state index in [9.17, 15) is 9.59 Å². The zero-order valence-corrected chi connectivity index (χ0v) is 11.1. The smallest absolute Gasteiger partial charge is 0.307 e. The lowest BCUT2D eigenvalue weighted by Crippen LogP contribution is -2.52. The van der Waals surface area contributed by atoms with E-state index in [0.717, 1.165) is 19.3 Å². The van der Waals surface area contributed by atoms with Gasteiger partial charge in [-0.05, 0) is 19.3 Å². The SMILES string of the molecule is COCC(N)C(=O)N1CCCCC1CC(=O)OC. The van der Waals surface area contributed by atoms with Crippen LogP contribution in [0.5, 0.6) is 0 Å². The standard InChI is InChI=1S/C12H22N2O4/c1-17-8-10(13)12(16)14-6-4-3-5-9(14)7-11(15)18-2/h9-10H,3-8,13H2,1-2H3. The molecular formula is C12H22N2O4. The molecular weight excluding hydrogens is 236 g/mol. The summed E-state index contributed by atoms with van der Waals surface area (Å²) in [5.41, 5.74) is 5.75. The maximum absolute atomic E-state index is 12.1. The molecule has 18 heavy (non-hydrogen) atoms. The van der Waals surface area contributed by atoms with Crippen LogP contribution in [0, 0.1) is 0 Å². The van der Waals surface area contributed by atoms with Crippen molar-refractivity contribution in [2.45, 2.75) is 37.8 Å². The van der Waals surface area contributed by atoms with Crippen LogP contribution >= 0.6 is 0 Å². The third kappa shape index (κ3) is 3.96. The molecule has 0 aromatic rings. The molecule has 0 bridgehead atoms. The van der Waals surface area contributed by atoms with Crippen molar-refractivity contribution in [3.8, 4) is 0 Å². The Morgan fingerprint density at radius 2 is 2.11 bits per heavy atom. The maximum Gasteiger partial charge on any atom is 0.307 e. The molecule has 2 atom stereocenters. The summed E-state index contributed by atoms with van der Waals surface area (Å²) < 4.78 is 9.55. The summed E-state index contributed by atoms with van der Waals surface area (Å²) in [7, 11) is 2.86. The number of carbonyl (C=O) groups is 2. The van der Waals surface area contributed by atoms with Gasteiger partial charge in [0.1, 0.15) is 6.04 Å². The van der Waals surface area contributed by atoms with Crippen molar-refractivity contribution in [3.05, 3.63) is 0 Å². The molecule has 1 fully saturated rings. The van der Waals surface area contributed by atoms with Crippen LogP contribution in [0.2, 0.25) is 0 Å². The van der Waals surface area contributed by atoms with Crippen LogP contribution < -0.4 is 5.73 Å². The van der Waals surface area contributed by atoms with Crippen molar-refractivity contribution in [2.75, 3.05) is 27.4 Å². The number of piperidine rings is 1. The van der Waals surface area contributed by atoms with E-state index in [4.69, 9.17) is 10.5 Å². The Balaban J connectivity index is 2.63. The fraction of sp³-hybridized carbons (Fsp3) is 0.833. The van der Waals surface area contributed by atoms with Gasteiger partial charge in [-0.2, -0.15) is 0 Å². The molecule has 0 aliphatic carbocycles. The molecule has 0 spiro atoms. The van der Waals surface area contributed by atoms with Gasteiger partial charge in [0, 0.05) is 19.7 Å². The first-order valence-electron chi connectivity index (χ1n) is 6.22. The zero-order chi connectivity index (χ0) is 13.5. The van der Waals surface area contributed by atoms with Crippen LogP contribution in [0.3, 0.4) is 0 Å². The van der Waals surface area contributed by atoms with Crippen molar-refractivity contribution in [3.63, 3.8) is 0 Å². The summed E-state index contributed by atoms with van der Waals surface area (Å²) in [6, 6.07) is -0.755. The lowest BCUT2D eigenvalue weighted by molar-refractivity contribution is -0.145. The van der Waals surface area contributed by atoms with Crippen molar-refractivity contribution < 1.29 is 19.1 Å². The van der Waals surface area contributed by atoms with Crippen molar-refractivity contribution in [1.29, 1.82) is 0 Å². The van der Waals surface area contributed by atoms with E-state index < -0.39 is 6.04 Å². The van der Waals surface area contributed by atoms with E-state index >= 15 is 0 Å². The molecule has 0 radical (unpaired) electrons. The molecule has 1 aliphatic heterocycles. The minimum absolute atomic E-state index is 0.0957. The third-order valence-corrected chi connectivity index (χ3v) is 3.20. The van der Waals surface area contributed by atoms with Crippen LogP contribution in [0.1, 0.15) is 25.7 Å². The van der Waals surface area contributed by atoms with Crippen molar-refractivity contribution in [2.24, 2.45) is 5.73 Å². The normalized spacial score (nSPS) is 21.5. The second kappa shape index (κ2) is 7.33. The quantitative estimate of drug-likeness (QED) is 0.697. The molecule has 104 valence electrons. The molecule has 0 aromatic heterocycles. The van der Waals surface area contributed by atoms with Crippen LogP contribution in [-0.4, -0.2) is 56.2 Å².